The number of nitrogens with one attached hydrogen (secondary N) is 1. The zero-order valence-corrected chi connectivity index (χ0v) is 13.5. The van der Waals surface area contributed by atoms with Crippen molar-refractivity contribution in [3.63, 3.8) is 0 Å². The maximum absolute atomic E-state index is 12.9. The second kappa shape index (κ2) is 6.37. The Balaban J connectivity index is 1.49. The first kappa shape index (κ1) is 15.3. The normalized spacial score (nSPS) is 10.8. The highest BCUT2D eigenvalue weighted by molar-refractivity contribution is 7.17. The number of para-hydroxylation sites is 1. The number of aromatic nitrogens is 1. The molecule has 2 heterocycles. The number of ether oxygens (including phenoxy) is 1. The van der Waals surface area contributed by atoms with Crippen LogP contribution < -0.4 is 10.1 Å². The minimum absolute atomic E-state index is 0.312. The van der Waals surface area contributed by atoms with Crippen molar-refractivity contribution in [3.05, 3.63) is 72.4 Å². The third-order valence-electron chi connectivity index (χ3n) is 3.46. The monoisotopic (exact) mass is 354 g/mol. The number of hydrogen-bond donors (Lipinski definition) is 1. The van der Waals surface area contributed by atoms with E-state index >= 15 is 0 Å². The van der Waals surface area contributed by atoms with Gasteiger partial charge in [-0.25, -0.2) is 9.37 Å². The zero-order valence-electron chi connectivity index (χ0n) is 12.7. The highest BCUT2D eigenvalue weighted by Crippen LogP contribution is 2.31. The lowest BCUT2D eigenvalue weighted by Gasteiger charge is -2.01. The second-order valence-corrected chi connectivity index (χ2v) is 6.13. The molecule has 0 saturated heterocycles. The van der Waals surface area contributed by atoms with Gasteiger partial charge in [0, 0.05) is 5.39 Å². The molecule has 124 valence electrons. The van der Waals surface area contributed by atoms with Crippen LogP contribution >= 0.6 is 11.3 Å². The van der Waals surface area contributed by atoms with Gasteiger partial charge in [-0.05, 0) is 30.3 Å². The minimum atomic E-state index is -0.336. The summed E-state index contributed by atoms with van der Waals surface area (Å²) in [6.07, 6.45) is 2.92. The van der Waals surface area contributed by atoms with Crippen molar-refractivity contribution in [1.82, 2.24) is 4.98 Å². The minimum Gasteiger partial charge on any atom is -0.463 e. The Morgan fingerprint density at radius 3 is 2.80 bits per heavy atom. The molecule has 7 heteroatoms. The van der Waals surface area contributed by atoms with Gasteiger partial charge >= 0.3 is 0 Å². The molecule has 5 nitrogen and oxygen atoms in total. The number of benzene rings is 2. The molecular weight excluding hydrogens is 343 g/mol. The third kappa shape index (κ3) is 3.22. The molecule has 0 unspecified atom stereocenters. The number of anilines is 1. The van der Waals surface area contributed by atoms with Crippen molar-refractivity contribution < 1.29 is 18.3 Å². The average Bonchev–Trinajstić information content (AvgIpc) is 3.23. The molecule has 2 aromatic carbocycles. The Morgan fingerprint density at radius 2 is 1.96 bits per heavy atom. The lowest BCUT2D eigenvalue weighted by molar-refractivity contribution is 0.102. The van der Waals surface area contributed by atoms with Gasteiger partial charge in [-0.2, -0.15) is 0 Å². The molecule has 4 aromatic rings. The maximum Gasteiger partial charge on any atom is 0.261 e. The fourth-order valence-electron chi connectivity index (χ4n) is 2.30. The Hall–Kier alpha value is -3.19. The van der Waals surface area contributed by atoms with Crippen LogP contribution in [0.5, 0.6) is 10.8 Å². The van der Waals surface area contributed by atoms with Gasteiger partial charge in [0.15, 0.2) is 5.13 Å². The Bertz CT molecular complexity index is 1040. The van der Waals surface area contributed by atoms with Crippen LogP contribution in [0.25, 0.3) is 11.0 Å². The van der Waals surface area contributed by atoms with Crippen LogP contribution in [0.2, 0.25) is 0 Å². The summed E-state index contributed by atoms with van der Waals surface area (Å²) in [5.41, 5.74) is 1.08. The molecule has 1 amide bonds. The van der Waals surface area contributed by atoms with E-state index in [4.69, 9.17) is 9.15 Å². The fraction of sp³-hybridized carbons (Fsp3) is 0. The molecule has 0 bridgehead atoms. The van der Waals surface area contributed by atoms with Gasteiger partial charge in [-0.1, -0.05) is 29.5 Å². The molecular formula is C18H11FN2O3S. The van der Waals surface area contributed by atoms with E-state index in [1.165, 1.54) is 48.1 Å². The topological polar surface area (TPSA) is 64.4 Å². The molecule has 0 fully saturated rings. The van der Waals surface area contributed by atoms with Crippen LogP contribution in [0.1, 0.15) is 10.4 Å². The van der Waals surface area contributed by atoms with Gasteiger partial charge in [0.2, 0.25) is 5.06 Å². The van der Waals surface area contributed by atoms with E-state index in [2.05, 4.69) is 10.3 Å². The van der Waals surface area contributed by atoms with Crippen LogP contribution in [-0.2, 0) is 0 Å². The molecule has 0 aliphatic rings. The van der Waals surface area contributed by atoms with E-state index in [1.807, 2.05) is 18.2 Å². The van der Waals surface area contributed by atoms with Crippen LogP contribution in [0, 0.1) is 5.82 Å². The first-order valence-corrected chi connectivity index (χ1v) is 8.17. The number of thiazole rings is 1. The van der Waals surface area contributed by atoms with Gasteiger partial charge in [-0.15, -0.1) is 0 Å². The van der Waals surface area contributed by atoms with E-state index < -0.39 is 0 Å². The molecule has 1 N–H and O–H groups in total. The lowest BCUT2D eigenvalue weighted by atomic mass is 10.2. The summed E-state index contributed by atoms with van der Waals surface area (Å²) in [6, 6.07) is 12.9. The molecule has 2 aromatic heterocycles. The van der Waals surface area contributed by atoms with E-state index in [0.717, 1.165) is 5.39 Å². The Morgan fingerprint density at radius 1 is 1.16 bits per heavy atom. The predicted octanol–water partition coefficient (Wildman–Crippen LogP) is 5.07. The predicted molar refractivity (Wildman–Crippen MR) is 92.8 cm³/mol. The van der Waals surface area contributed by atoms with Gasteiger partial charge < -0.3 is 9.15 Å². The van der Waals surface area contributed by atoms with Crippen molar-refractivity contribution in [2.75, 3.05) is 5.32 Å². The van der Waals surface area contributed by atoms with Crippen molar-refractivity contribution in [2.45, 2.75) is 0 Å². The van der Waals surface area contributed by atoms with Crippen LogP contribution in [0.15, 0.2) is 65.4 Å². The van der Waals surface area contributed by atoms with E-state index in [9.17, 15) is 9.18 Å². The van der Waals surface area contributed by atoms with Crippen molar-refractivity contribution >= 4 is 33.3 Å². The molecule has 0 radical (unpaired) electrons. The summed E-state index contributed by atoms with van der Waals surface area (Å²) in [5, 5.41) is 4.34. The van der Waals surface area contributed by atoms with Gasteiger partial charge in [-0.3, -0.25) is 10.1 Å². The van der Waals surface area contributed by atoms with Crippen molar-refractivity contribution in [1.29, 1.82) is 0 Å². The molecule has 0 aliphatic heterocycles. The highest BCUT2D eigenvalue weighted by Gasteiger charge is 2.15. The van der Waals surface area contributed by atoms with Gasteiger partial charge in [0.1, 0.15) is 23.4 Å². The number of carbonyl (C=O) groups excluding carboxylic acids is 1. The molecule has 4 rings (SSSR count). The summed E-state index contributed by atoms with van der Waals surface area (Å²) in [6.45, 7) is 0. The summed E-state index contributed by atoms with van der Waals surface area (Å²) in [7, 11) is 0. The lowest BCUT2D eigenvalue weighted by Crippen LogP contribution is -2.10. The third-order valence-corrected chi connectivity index (χ3v) is 4.25. The molecule has 25 heavy (non-hydrogen) atoms. The van der Waals surface area contributed by atoms with Crippen LogP contribution in [0.3, 0.4) is 0 Å². The molecule has 0 spiro atoms. The highest BCUT2D eigenvalue weighted by atomic mass is 32.1. The van der Waals surface area contributed by atoms with Gasteiger partial charge in [0.05, 0.1) is 11.8 Å². The van der Waals surface area contributed by atoms with Crippen molar-refractivity contribution in [3.8, 4) is 10.8 Å². The van der Waals surface area contributed by atoms with Gasteiger partial charge in [0.25, 0.3) is 5.91 Å². The standard InChI is InChI=1S/C18H11FN2O3S/c19-11-5-7-12(8-6-11)24-16-9-20-18(25-16)21-17(22)14-10-23-15-4-2-1-3-13(14)15/h1-10H,(H,20,21,22). The summed E-state index contributed by atoms with van der Waals surface area (Å²) >= 11 is 1.17. The van der Waals surface area contributed by atoms with E-state index in [0.29, 0.717) is 27.1 Å². The molecule has 0 atom stereocenters. The number of nitrogens with zero attached hydrogens (tertiary/aromatic N) is 1. The number of halogens is 1. The second-order valence-electron chi connectivity index (χ2n) is 5.14. The van der Waals surface area contributed by atoms with Crippen LogP contribution in [-0.4, -0.2) is 10.9 Å². The van der Waals surface area contributed by atoms with Crippen LogP contribution in [0.4, 0.5) is 9.52 Å². The summed E-state index contributed by atoms with van der Waals surface area (Å²) in [5.74, 6) is -0.159. The van der Waals surface area contributed by atoms with E-state index in [-0.39, 0.29) is 11.7 Å². The Kier molecular flexibility index (Phi) is 3.91. The maximum atomic E-state index is 12.9. The number of fused-ring (bicyclic) bond motifs is 1. The average molecular weight is 354 g/mol. The number of carbonyl (C=O) groups is 1. The summed E-state index contributed by atoms with van der Waals surface area (Å²) < 4.78 is 23.8. The first-order valence-electron chi connectivity index (χ1n) is 7.36. The SMILES string of the molecule is O=C(Nc1ncc(Oc2ccc(F)cc2)s1)c1coc2ccccc12. The fourth-order valence-corrected chi connectivity index (χ4v) is 2.98. The molecule has 0 saturated carbocycles. The number of hydrogen-bond acceptors (Lipinski definition) is 5. The summed E-state index contributed by atoms with van der Waals surface area (Å²) in [4.78, 5) is 16.5. The molecule has 0 aliphatic carbocycles. The smallest absolute Gasteiger partial charge is 0.261 e. The van der Waals surface area contributed by atoms with E-state index in [1.54, 1.807) is 6.07 Å². The largest absolute Gasteiger partial charge is 0.463 e. The zero-order chi connectivity index (χ0) is 17.2. The number of rotatable bonds is 4. The van der Waals surface area contributed by atoms with Crippen molar-refractivity contribution in [2.24, 2.45) is 0 Å². The Labute approximate surface area is 145 Å². The quantitative estimate of drug-likeness (QED) is 0.555. The number of amides is 1. The number of furan rings is 1. The first-order chi connectivity index (χ1) is 12.2.